The van der Waals surface area contributed by atoms with Gasteiger partial charge in [-0.2, -0.15) is 0 Å². The van der Waals surface area contributed by atoms with Gasteiger partial charge in [-0.05, 0) is 48.6 Å². The molecule has 1 atom stereocenters. The van der Waals surface area contributed by atoms with Crippen LogP contribution in [0.25, 0.3) is 0 Å². The lowest BCUT2D eigenvalue weighted by Crippen LogP contribution is -2.51. The van der Waals surface area contributed by atoms with Crippen molar-refractivity contribution < 1.29 is 22.7 Å². The molecule has 0 aliphatic carbocycles. The fourth-order valence-electron chi connectivity index (χ4n) is 3.84. The van der Waals surface area contributed by atoms with E-state index in [0.29, 0.717) is 18.0 Å². The molecule has 2 amide bonds. The van der Waals surface area contributed by atoms with E-state index in [4.69, 9.17) is 4.74 Å². The first-order valence-electron chi connectivity index (χ1n) is 12.3. The second kappa shape index (κ2) is 13.3. The lowest BCUT2D eigenvalue weighted by atomic mass is 10.0. The topological polar surface area (TPSA) is 96.0 Å². The summed E-state index contributed by atoms with van der Waals surface area (Å²) in [6, 6.07) is 13.6. The zero-order valence-electron chi connectivity index (χ0n) is 22.2. The summed E-state index contributed by atoms with van der Waals surface area (Å²) in [6.45, 7) is 7.89. The highest BCUT2D eigenvalue weighted by atomic mass is 32.2. The Morgan fingerprint density at radius 3 is 2.22 bits per heavy atom. The molecule has 9 heteroatoms. The van der Waals surface area contributed by atoms with E-state index >= 15 is 0 Å². The van der Waals surface area contributed by atoms with E-state index < -0.39 is 28.5 Å². The molecule has 0 heterocycles. The van der Waals surface area contributed by atoms with Gasteiger partial charge in [-0.25, -0.2) is 8.42 Å². The molecule has 0 aliphatic heterocycles. The summed E-state index contributed by atoms with van der Waals surface area (Å²) in [5.74, 6) is -0.0125. The zero-order chi connectivity index (χ0) is 26.9. The Bertz CT molecular complexity index is 1120. The number of carbonyl (C=O) groups excluding carboxylic acids is 2. The van der Waals surface area contributed by atoms with E-state index in [1.807, 2.05) is 45.0 Å². The minimum Gasteiger partial charge on any atom is -0.497 e. The third-order valence-electron chi connectivity index (χ3n) is 6.02. The number of anilines is 1. The van der Waals surface area contributed by atoms with Crippen molar-refractivity contribution in [2.24, 2.45) is 0 Å². The first-order valence-corrected chi connectivity index (χ1v) is 14.1. The number of unbranched alkanes of at least 4 members (excludes halogenated alkanes) is 1. The van der Waals surface area contributed by atoms with Crippen LogP contribution in [-0.4, -0.2) is 57.6 Å². The van der Waals surface area contributed by atoms with Crippen molar-refractivity contribution in [2.75, 3.05) is 30.8 Å². The number of para-hydroxylation sites is 1. The van der Waals surface area contributed by atoms with Crippen molar-refractivity contribution in [3.05, 3.63) is 59.7 Å². The Morgan fingerprint density at radius 1 is 1.03 bits per heavy atom. The van der Waals surface area contributed by atoms with Gasteiger partial charge in [-0.3, -0.25) is 13.9 Å². The molecule has 8 nitrogen and oxygen atoms in total. The molecule has 36 heavy (non-hydrogen) atoms. The number of hydrogen-bond donors (Lipinski definition) is 1. The number of nitrogens with one attached hydrogen (secondary N) is 1. The molecule has 0 aliphatic rings. The van der Waals surface area contributed by atoms with Gasteiger partial charge in [-0.15, -0.1) is 0 Å². The molecule has 0 unspecified atom stereocenters. The first kappa shape index (κ1) is 29.2. The Hall–Kier alpha value is -3.07. The zero-order valence-corrected chi connectivity index (χ0v) is 23.0. The summed E-state index contributed by atoms with van der Waals surface area (Å²) in [7, 11) is -2.21. The van der Waals surface area contributed by atoms with Gasteiger partial charge in [0.05, 0.1) is 19.1 Å². The predicted octanol–water partition coefficient (Wildman–Crippen LogP) is 3.92. The van der Waals surface area contributed by atoms with Gasteiger partial charge < -0.3 is 15.0 Å². The summed E-state index contributed by atoms with van der Waals surface area (Å²) in [5.41, 5.74) is 2.08. The summed E-state index contributed by atoms with van der Waals surface area (Å²) in [6.07, 6.45) is 2.85. The van der Waals surface area contributed by atoms with Gasteiger partial charge in [0.15, 0.2) is 0 Å². The average molecular weight is 518 g/mol. The van der Waals surface area contributed by atoms with Crippen molar-refractivity contribution in [3.63, 3.8) is 0 Å². The maximum Gasteiger partial charge on any atom is 0.244 e. The summed E-state index contributed by atoms with van der Waals surface area (Å²) >= 11 is 0. The smallest absolute Gasteiger partial charge is 0.244 e. The second-order valence-electron chi connectivity index (χ2n) is 9.17. The van der Waals surface area contributed by atoms with Crippen LogP contribution in [0.15, 0.2) is 48.5 Å². The highest BCUT2D eigenvalue weighted by Gasteiger charge is 2.31. The minimum absolute atomic E-state index is 0.0548. The molecule has 2 rings (SSSR count). The Labute approximate surface area is 215 Å². The van der Waals surface area contributed by atoms with Crippen LogP contribution in [0, 0.1) is 0 Å². The largest absolute Gasteiger partial charge is 0.497 e. The number of rotatable bonds is 13. The maximum atomic E-state index is 13.7. The molecule has 0 spiro atoms. The average Bonchev–Trinajstić information content (AvgIpc) is 2.85. The number of carbonyl (C=O) groups is 2. The fraction of sp³-hybridized carbons (Fsp3) is 0.481. The summed E-state index contributed by atoms with van der Waals surface area (Å²) in [4.78, 5) is 28.0. The minimum atomic E-state index is -3.78. The number of hydrogen-bond acceptors (Lipinski definition) is 5. The highest BCUT2D eigenvalue weighted by Crippen LogP contribution is 2.29. The molecule has 198 valence electrons. The molecular weight excluding hydrogens is 478 g/mol. The molecular formula is C27H39N3O5S. The van der Waals surface area contributed by atoms with Crippen LogP contribution in [-0.2, 0) is 26.2 Å². The molecule has 0 radical (unpaired) electrons. The summed E-state index contributed by atoms with van der Waals surface area (Å²) in [5, 5.41) is 2.88. The lowest BCUT2D eigenvalue weighted by Gasteiger charge is -2.32. The Balaban J connectivity index is 2.41. The number of nitrogens with zero attached hydrogens (tertiary/aromatic N) is 2. The number of benzene rings is 2. The van der Waals surface area contributed by atoms with Crippen LogP contribution >= 0.6 is 0 Å². The van der Waals surface area contributed by atoms with Gasteiger partial charge >= 0.3 is 0 Å². The van der Waals surface area contributed by atoms with Crippen LogP contribution in [0.3, 0.4) is 0 Å². The lowest BCUT2D eigenvalue weighted by molar-refractivity contribution is -0.139. The molecule has 2 aromatic rings. The van der Waals surface area contributed by atoms with E-state index in [-0.39, 0.29) is 18.4 Å². The van der Waals surface area contributed by atoms with Crippen LogP contribution < -0.4 is 14.4 Å². The van der Waals surface area contributed by atoms with Crippen LogP contribution in [0.2, 0.25) is 0 Å². The van der Waals surface area contributed by atoms with Gasteiger partial charge in [0.1, 0.15) is 18.3 Å². The third-order valence-corrected chi connectivity index (χ3v) is 7.14. The predicted molar refractivity (Wildman–Crippen MR) is 144 cm³/mol. The molecule has 0 saturated carbocycles. The van der Waals surface area contributed by atoms with Gasteiger partial charge in [-0.1, -0.05) is 57.5 Å². The quantitative estimate of drug-likeness (QED) is 0.406. The number of methoxy groups -OCH3 is 1. The highest BCUT2D eigenvalue weighted by molar-refractivity contribution is 7.92. The van der Waals surface area contributed by atoms with Crippen molar-refractivity contribution in [2.45, 2.75) is 59.0 Å². The monoisotopic (exact) mass is 517 g/mol. The van der Waals surface area contributed by atoms with E-state index in [1.165, 1.54) is 4.90 Å². The summed E-state index contributed by atoms with van der Waals surface area (Å²) < 4.78 is 32.0. The number of sulfonamides is 1. The van der Waals surface area contributed by atoms with Gasteiger partial charge in [0, 0.05) is 13.1 Å². The van der Waals surface area contributed by atoms with Crippen molar-refractivity contribution in [3.8, 4) is 5.75 Å². The van der Waals surface area contributed by atoms with Crippen molar-refractivity contribution >= 4 is 27.5 Å². The Kier molecular flexibility index (Phi) is 10.8. The van der Waals surface area contributed by atoms with E-state index in [9.17, 15) is 18.0 Å². The normalized spacial score (nSPS) is 12.2. The number of amides is 2. The molecule has 0 fully saturated rings. The van der Waals surface area contributed by atoms with Crippen molar-refractivity contribution in [1.29, 1.82) is 0 Å². The molecule has 0 bridgehead atoms. The van der Waals surface area contributed by atoms with Crippen LogP contribution in [0.1, 0.15) is 57.6 Å². The van der Waals surface area contributed by atoms with E-state index in [2.05, 4.69) is 5.32 Å². The first-order chi connectivity index (χ1) is 17.0. The van der Waals surface area contributed by atoms with Crippen LogP contribution in [0.5, 0.6) is 5.75 Å². The molecule has 1 N–H and O–H groups in total. The second-order valence-corrected chi connectivity index (χ2v) is 11.1. The molecule has 2 aromatic carbocycles. The fourth-order valence-corrected chi connectivity index (χ4v) is 4.71. The SMILES string of the molecule is CCCCNC(=O)[C@H](C)N(Cc1ccc(OC)cc1)C(=O)CN(c1ccccc1C(C)C)S(C)(=O)=O. The van der Waals surface area contributed by atoms with Crippen LogP contribution in [0.4, 0.5) is 5.69 Å². The van der Waals surface area contributed by atoms with Gasteiger partial charge in [0.25, 0.3) is 0 Å². The standard InChI is InChI=1S/C27H39N3O5S/c1-7-8-17-28-27(32)21(4)29(18-22-13-15-23(35-5)16-14-22)26(31)19-30(36(6,33)34)25-12-10-9-11-24(25)20(2)3/h9-16,20-21H,7-8,17-19H2,1-6H3,(H,28,32)/t21-/m0/s1. The number of ether oxygens (including phenoxy) is 1. The maximum absolute atomic E-state index is 13.7. The molecule has 0 saturated heterocycles. The van der Waals surface area contributed by atoms with Crippen molar-refractivity contribution in [1.82, 2.24) is 10.2 Å². The Morgan fingerprint density at radius 2 is 1.67 bits per heavy atom. The molecule has 0 aromatic heterocycles. The van der Waals surface area contributed by atoms with E-state index in [0.717, 1.165) is 34.5 Å². The van der Waals surface area contributed by atoms with Gasteiger partial charge in [0.2, 0.25) is 21.8 Å². The third kappa shape index (κ3) is 7.98. The van der Waals surface area contributed by atoms with E-state index in [1.54, 1.807) is 38.3 Å².